The van der Waals surface area contributed by atoms with E-state index in [4.69, 9.17) is 5.26 Å². The van der Waals surface area contributed by atoms with Gasteiger partial charge in [0.25, 0.3) is 0 Å². The second-order valence-corrected chi connectivity index (χ2v) is 6.35. The lowest BCUT2D eigenvalue weighted by atomic mass is 10.1. The van der Waals surface area contributed by atoms with Crippen molar-refractivity contribution in [3.05, 3.63) is 35.9 Å². The van der Waals surface area contributed by atoms with Gasteiger partial charge in [0.05, 0.1) is 19.0 Å². The van der Waals surface area contributed by atoms with E-state index < -0.39 is 0 Å². The van der Waals surface area contributed by atoms with Crippen molar-refractivity contribution in [3.8, 4) is 6.07 Å². The summed E-state index contributed by atoms with van der Waals surface area (Å²) in [5, 5.41) is 11.4. The molecule has 1 aliphatic heterocycles. The molecule has 0 bridgehead atoms. The van der Waals surface area contributed by atoms with Crippen molar-refractivity contribution in [1.82, 2.24) is 15.1 Å². The van der Waals surface area contributed by atoms with Crippen LogP contribution < -0.4 is 5.32 Å². The Hall–Kier alpha value is -1.90. The summed E-state index contributed by atoms with van der Waals surface area (Å²) in [6, 6.07) is 13.4. The largest absolute Gasteiger partial charge is 0.354 e. The Morgan fingerprint density at radius 1 is 1.46 bits per heavy atom. The Morgan fingerprint density at radius 3 is 2.88 bits per heavy atom. The van der Waals surface area contributed by atoms with Crippen LogP contribution in [0.4, 0.5) is 0 Å². The molecule has 0 radical (unpaired) electrons. The van der Waals surface area contributed by atoms with E-state index in [1.54, 1.807) is 0 Å². The Labute approximate surface area is 145 Å². The van der Waals surface area contributed by atoms with Gasteiger partial charge in [-0.15, -0.1) is 0 Å². The molecule has 1 aromatic carbocycles. The van der Waals surface area contributed by atoms with Gasteiger partial charge in [-0.25, -0.2) is 0 Å². The number of hydrogen-bond donors (Lipinski definition) is 1. The molecule has 0 spiro atoms. The lowest BCUT2D eigenvalue weighted by molar-refractivity contribution is -0.122. The van der Waals surface area contributed by atoms with Gasteiger partial charge in [-0.3, -0.25) is 14.6 Å². The van der Waals surface area contributed by atoms with Crippen LogP contribution in [0.1, 0.15) is 38.3 Å². The van der Waals surface area contributed by atoms with Gasteiger partial charge in [-0.05, 0) is 25.5 Å². The van der Waals surface area contributed by atoms with Gasteiger partial charge in [0, 0.05) is 31.7 Å². The SMILES string of the molecule is CCN(CC(=O)NCCC#N)[C@@H]1CCN([C@H](C)c2ccccc2)C1. The molecule has 1 fully saturated rings. The number of amides is 1. The highest BCUT2D eigenvalue weighted by Crippen LogP contribution is 2.26. The minimum Gasteiger partial charge on any atom is -0.354 e. The maximum Gasteiger partial charge on any atom is 0.234 e. The third-order valence-electron chi connectivity index (χ3n) is 4.85. The molecule has 1 N–H and O–H groups in total. The number of hydrogen-bond acceptors (Lipinski definition) is 4. The van der Waals surface area contributed by atoms with Crippen LogP contribution in [-0.2, 0) is 4.79 Å². The van der Waals surface area contributed by atoms with Gasteiger partial charge < -0.3 is 5.32 Å². The molecule has 0 aromatic heterocycles. The van der Waals surface area contributed by atoms with Crippen molar-refractivity contribution < 1.29 is 4.79 Å². The van der Waals surface area contributed by atoms with E-state index in [-0.39, 0.29) is 5.91 Å². The van der Waals surface area contributed by atoms with Crippen LogP contribution >= 0.6 is 0 Å². The van der Waals surface area contributed by atoms with Crippen molar-refractivity contribution in [3.63, 3.8) is 0 Å². The van der Waals surface area contributed by atoms with Crippen LogP contribution in [0.5, 0.6) is 0 Å². The number of carbonyl (C=O) groups is 1. The molecule has 2 rings (SSSR count). The molecule has 2 atom stereocenters. The fraction of sp³-hybridized carbons (Fsp3) is 0.579. The molecule has 24 heavy (non-hydrogen) atoms. The van der Waals surface area contributed by atoms with Crippen LogP contribution in [0.25, 0.3) is 0 Å². The van der Waals surface area contributed by atoms with E-state index in [0.29, 0.717) is 31.6 Å². The normalized spacial score (nSPS) is 19.2. The zero-order valence-electron chi connectivity index (χ0n) is 14.7. The Bertz CT molecular complexity index is 554. The number of carbonyl (C=O) groups excluding carboxylic acids is 1. The van der Waals surface area contributed by atoms with Crippen LogP contribution in [0.2, 0.25) is 0 Å². The lowest BCUT2D eigenvalue weighted by Gasteiger charge is -2.29. The third-order valence-corrected chi connectivity index (χ3v) is 4.85. The first-order valence-electron chi connectivity index (χ1n) is 8.82. The highest BCUT2D eigenvalue weighted by Gasteiger charge is 2.30. The maximum absolute atomic E-state index is 12.0. The minimum atomic E-state index is 0.0154. The van der Waals surface area contributed by atoms with Crippen LogP contribution in [0.15, 0.2) is 30.3 Å². The molecule has 1 amide bonds. The number of nitrogens with zero attached hydrogens (tertiary/aromatic N) is 3. The topological polar surface area (TPSA) is 59.4 Å². The first-order chi connectivity index (χ1) is 11.7. The monoisotopic (exact) mass is 328 g/mol. The van der Waals surface area contributed by atoms with E-state index in [1.165, 1.54) is 5.56 Å². The van der Waals surface area contributed by atoms with Crippen LogP contribution in [0.3, 0.4) is 0 Å². The summed E-state index contributed by atoms with van der Waals surface area (Å²) in [6.45, 7) is 8.13. The van der Waals surface area contributed by atoms with Gasteiger partial charge in [-0.2, -0.15) is 5.26 Å². The van der Waals surface area contributed by atoms with Crippen LogP contribution in [-0.4, -0.2) is 54.5 Å². The average Bonchev–Trinajstić information content (AvgIpc) is 3.10. The standard InChI is InChI=1S/C19H28N4O/c1-3-22(15-19(24)21-12-7-11-20)18-10-13-23(14-18)16(2)17-8-5-4-6-9-17/h4-6,8-9,16,18H,3,7,10,12-15H2,1-2H3,(H,21,24)/t16-,18-/m1/s1. The fourth-order valence-corrected chi connectivity index (χ4v) is 3.36. The second-order valence-electron chi connectivity index (χ2n) is 6.35. The zero-order valence-corrected chi connectivity index (χ0v) is 14.7. The molecule has 5 heteroatoms. The Kier molecular flexibility index (Phi) is 7.23. The number of rotatable bonds is 8. The molecule has 0 unspecified atom stereocenters. The number of likely N-dealkylation sites (N-methyl/N-ethyl adjacent to an activating group) is 1. The molecule has 1 aliphatic rings. The second kappa shape index (κ2) is 9.41. The van der Waals surface area contributed by atoms with E-state index >= 15 is 0 Å². The highest BCUT2D eigenvalue weighted by atomic mass is 16.2. The van der Waals surface area contributed by atoms with E-state index in [1.807, 2.05) is 12.1 Å². The zero-order chi connectivity index (χ0) is 17.4. The Morgan fingerprint density at radius 2 is 2.21 bits per heavy atom. The van der Waals surface area contributed by atoms with Gasteiger partial charge in [0.1, 0.15) is 0 Å². The molecular formula is C19H28N4O. The molecular weight excluding hydrogens is 300 g/mol. The molecule has 1 heterocycles. The molecule has 130 valence electrons. The van der Waals surface area contributed by atoms with Crippen molar-refractivity contribution in [2.75, 3.05) is 32.7 Å². The number of nitriles is 1. The van der Waals surface area contributed by atoms with E-state index in [2.05, 4.69) is 53.2 Å². The molecule has 5 nitrogen and oxygen atoms in total. The summed E-state index contributed by atoms with van der Waals surface area (Å²) in [5.41, 5.74) is 1.34. The summed E-state index contributed by atoms with van der Waals surface area (Å²) in [6.07, 6.45) is 1.46. The summed E-state index contributed by atoms with van der Waals surface area (Å²) >= 11 is 0. The molecule has 0 aliphatic carbocycles. The average molecular weight is 328 g/mol. The molecule has 1 saturated heterocycles. The predicted octanol–water partition coefficient (Wildman–Crippen LogP) is 2.17. The predicted molar refractivity (Wildman–Crippen MR) is 95.3 cm³/mol. The molecule has 1 aromatic rings. The van der Waals surface area contributed by atoms with Crippen molar-refractivity contribution in [2.24, 2.45) is 0 Å². The van der Waals surface area contributed by atoms with Gasteiger partial charge >= 0.3 is 0 Å². The first kappa shape index (κ1) is 18.4. The Balaban J connectivity index is 1.86. The summed E-state index contributed by atoms with van der Waals surface area (Å²) in [7, 11) is 0. The van der Waals surface area contributed by atoms with Gasteiger partial charge in [0.2, 0.25) is 5.91 Å². The lowest BCUT2D eigenvalue weighted by Crippen LogP contribution is -2.44. The highest BCUT2D eigenvalue weighted by molar-refractivity contribution is 5.78. The smallest absolute Gasteiger partial charge is 0.234 e. The van der Waals surface area contributed by atoms with Crippen LogP contribution in [0, 0.1) is 11.3 Å². The maximum atomic E-state index is 12.0. The number of likely N-dealkylation sites (tertiary alicyclic amines) is 1. The minimum absolute atomic E-state index is 0.0154. The molecule has 0 saturated carbocycles. The number of nitrogens with one attached hydrogen (secondary N) is 1. The third kappa shape index (κ3) is 5.05. The summed E-state index contributed by atoms with van der Waals surface area (Å²) in [4.78, 5) is 16.8. The number of benzene rings is 1. The van der Waals surface area contributed by atoms with Crippen molar-refractivity contribution in [1.29, 1.82) is 5.26 Å². The van der Waals surface area contributed by atoms with E-state index in [9.17, 15) is 4.79 Å². The summed E-state index contributed by atoms with van der Waals surface area (Å²) < 4.78 is 0. The van der Waals surface area contributed by atoms with Crippen molar-refractivity contribution in [2.45, 2.75) is 38.8 Å². The van der Waals surface area contributed by atoms with Gasteiger partial charge in [-0.1, -0.05) is 37.3 Å². The summed E-state index contributed by atoms with van der Waals surface area (Å²) in [5.74, 6) is 0.0154. The fourth-order valence-electron chi connectivity index (χ4n) is 3.36. The van der Waals surface area contributed by atoms with Gasteiger partial charge in [0.15, 0.2) is 0 Å². The first-order valence-corrected chi connectivity index (χ1v) is 8.82. The quantitative estimate of drug-likeness (QED) is 0.743. The van der Waals surface area contributed by atoms with E-state index in [0.717, 1.165) is 26.1 Å². The van der Waals surface area contributed by atoms with Crippen molar-refractivity contribution >= 4 is 5.91 Å².